The molecule has 1 saturated carbocycles. The number of Topliss-reactive ketones (excluding diaryl/α,β-unsaturated/α-hetero) is 3. The fourth-order valence-electron chi connectivity index (χ4n) is 9.79. The van der Waals surface area contributed by atoms with Crippen molar-refractivity contribution in [2.75, 3.05) is 46.5 Å². The maximum atomic E-state index is 14.1. The summed E-state index contributed by atoms with van der Waals surface area (Å²) in [5.41, 5.74) is 1.30. The fourth-order valence-corrected chi connectivity index (χ4v) is 10.4. The summed E-state index contributed by atoms with van der Waals surface area (Å²) in [7, 11) is 1.10. The van der Waals surface area contributed by atoms with Crippen LogP contribution >= 0.6 is 0 Å². The predicted octanol–water partition coefficient (Wildman–Crippen LogP) is 5.84. The van der Waals surface area contributed by atoms with E-state index in [2.05, 4.69) is 0 Å². The molecule has 0 aromatic rings. The Hall–Kier alpha value is -3.42. The van der Waals surface area contributed by atoms with E-state index in [1.807, 2.05) is 44.2 Å². The third-order valence-electron chi connectivity index (χ3n) is 14.8. The lowest BCUT2D eigenvalue weighted by Crippen LogP contribution is -2.59. The van der Waals surface area contributed by atoms with Crippen LogP contribution in [0.4, 0.5) is 0 Å². The Kier molecular flexibility index (Phi) is 25.0. The minimum atomic E-state index is -3.12. The molecule has 2 bridgehead atoms. The molecule has 14 atom stereocenters. The summed E-state index contributed by atoms with van der Waals surface area (Å²) in [4.78, 5) is 70.7. The van der Waals surface area contributed by atoms with Gasteiger partial charge in [-0.05, 0) is 115 Å². The first-order valence-electron chi connectivity index (χ1n) is 25.2. The molecule has 2 fully saturated rings. The highest BCUT2D eigenvalue weighted by molar-refractivity contribution is 7.90. The molecule has 2 heterocycles. The molecular weight excluding hydrogens is 923 g/mol. The molecule has 0 aromatic heterocycles. The van der Waals surface area contributed by atoms with E-state index in [0.717, 1.165) is 16.9 Å². The Morgan fingerprint density at radius 3 is 2.26 bits per heavy atom. The second-order valence-electron chi connectivity index (χ2n) is 20.4. The standard InChI is InChI=1S/C53H85NO15S/c1-33-18-15-13-12-14-16-19-34(2)47(57)49(66-10)48(58)37(5)28-35(3)43(56)32-45(36(4)29-40-21-23-44(46(30-40)65-9)67-26-17-27-70(11,63)64)68-52(61)39(7)54(8)51(60)50(59)53(62)38(6)20-22-42(69-53)31-41(33)24-25-55/h12-15,18,28,34-36,38-42,44-46,48-49,55,58,62H,16-17,19-27,29-32H2,1-11H3/b14-12-,15-13-,33-18-,37-28-/t34?,35?,36-,38+,39?,40+,41?,42-,44-,45?,46-,48?,49?,53+/m1/s1. The number of amides is 1. The van der Waals surface area contributed by atoms with Crippen molar-refractivity contribution in [3.63, 3.8) is 0 Å². The summed E-state index contributed by atoms with van der Waals surface area (Å²) in [6.07, 6.45) is 13.0. The molecule has 0 aromatic carbocycles. The molecule has 3 rings (SSSR count). The number of ketones is 3. The van der Waals surface area contributed by atoms with E-state index < -0.39 is 87.4 Å². The van der Waals surface area contributed by atoms with Crippen LogP contribution < -0.4 is 0 Å². The highest BCUT2D eigenvalue weighted by atomic mass is 32.2. The van der Waals surface area contributed by atoms with Crippen LogP contribution in [0.15, 0.2) is 47.6 Å². The third-order valence-corrected chi connectivity index (χ3v) is 15.8. The van der Waals surface area contributed by atoms with E-state index in [4.69, 9.17) is 23.7 Å². The quantitative estimate of drug-likeness (QED) is 0.0903. The Bertz CT molecular complexity index is 1980. The fraction of sp³-hybridized carbons (Fsp3) is 0.755. The number of rotatable bonds is 12. The summed E-state index contributed by atoms with van der Waals surface area (Å²) < 4.78 is 52.9. The number of hydrogen-bond donors (Lipinski definition) is 3. The van der Waals surface area contributed by atoms with Gasteiger partial charge >= 0.3 is 5.97 Å². The molecule has 0 radical (unpaired) electrons. The van der Waals surface area contributed by atoms with Gasteiger partial charge in [-0.15, -0.1) is 0 Å². The minimum Gasteiger partial charge on any atom is -0.460 e. The second kappa shape index (κ2) is 28.7. The van der Waals surface area contributed by atoms with Gasteiger partial charge in [-0.3, -0.25) is 19.2 Å². The van der Waals surface area contributed by atoms with Gasteiger partial charge in [-0.2, -0.15) is 0 Å². The molecule has 1 amide bonds. The Labute approximate surface area is 417 Å². The Morgan fingerprint density at radius 1 is 0.914 bits per heavy atom. The van der Waals surface area contributed by atoms with Gasteiger partial charge in [0.25, 0.3) is 11.7 Å². The number of ether oxygens (including phenoxy) is 5. The van der Waals surface area contributed by atoms with Gasteiger partial charge in [-0.1, -0.05) is 69.7 Å². The molecule has 0 spiro atoms. The number of carbonyl (C=O) groups is 5. The van der Waals surface area contributed by atoms with Crippen LogP contribution in [0.3, 0.4) is 0 Å². The van der Waals surface area contributed by atoms with Gasteiger partial charge in [0.1, 0.15) is 40.0 Å². The Morgan fingerprint density at radius 2 is 1.61 bits per heavy atom. The van der Waals surface area contributed by atoms with Gasteiger partial charge in [0.15, 0.2) is 5.78 Å². The van der Waals surface area contributed by atoms with Crippen LogP contribution in [0, 0.1) is 35.5 Å². The van der Waals surface area contributed by atoms with E-state index in [-0.39, 0.29) is 61.0 Å². The molecule has 3 aliphatic rings. The first kappa shape index (κ1) is 60.9. The zero-order valence-corrected chi connectivity index (χ0v) is 44.5. The van der Waals surface area contributed by atoms with Gasteiger partial charge in [-0.25, -0.2) is 13.2 Å². The summed E-state index contributed by atoms with van der Waals surface area (Å²) in [6.45, 7) is 12.1. The lowest BCUT2D eigenvalue weighted by molar-refractivity contribution is -0.264. The monoisotopic (exact) mass is 1010 g/mol. The molecule has 1 aliphatic carbocycles. The molecule has 3 N–H and O–H groups in total. The minimum absolute atomic E-state index is 0.0221. The first-order chi connectivity index (χ1) is 32.9. The van der Waals surface area contributed by atoms with Crippen LogP contribution in [0.25, 0.3) is 0 Å². The van der Waals surface area contributed by atoms with Gasteiger partial charge in [0.05, 0.1) is 24.1 Å². The van der Waals surface area contributed by atoms with Crippen molar-refractivity contribution >= 4 is 39.1 Å². The van der Waals surface area contributed by atoms with E-state index in [0.29, 0.717) is 69.8 Å². The number of methoxy groups -OCH3 is 2. The zero-order chi connectivity index (χ0) is 52.5. The normalized spacial score (nSPS) is 36.6. The molecule has 16 nitrogen and oxygen atoms in total. The molecule has 7 unspecified atom stereocenters. The largest absolute Gasteiger partial charge is 0.460 e. The summed E-state index contributed by atoms with van der Waals surface area (Å²) in [6, 6.07) is -1.33. The average molecular weight is 1010 g/mol. The number of cyclic esters (lactones) is 1. The summed E-state index contributed by atoms with van der Waals surface area (Å²) in [5.74, 6) is -8.75. The number of likely N-dealkylation sites (N-methyl/N-ethyl adjacent to an activating group) is 1. The van der Waals surface area contributed by atoms with E-state index in [1.54, 1.807) is 40.9 Å². The number of nitrogens with zero attached hydrogens (tertiary/aromatic N) is 1. The smallest absolute Gasteiger partial charge is 0.328 e. The third kappa shape index (κ3) is 18.0. The molecular formula is C53H85NO15S. The zero-order valence-electron chi connectivity index (χ0n) is 43.7. The van der Waals surface area contributed by atoms with E-state index in [1.165, 1.54) is 27.3 Å². The Balaban J connectivity index is 1.97. The predicted molar refractivity (Wildman–Crippen MR) is 266 cm³/mol. The van der Waals surface area contributed by atoms with Crippen LogP contribution in [0.2, 0.25) is 0 Å². The van der Waals surface area contributed by atoms with Crippen molar-refractivity contribution in [3.8, 4) is 0 Å². The summed E-state index contributed by atoms with van der Waals surface area (Å²) >= 11 is 0. The van der Waals surface area contributed by atoms with Crippen LogP contribution in [0.1, 0.15) is 126 Å². The molecule has 17 heteroatoms. The average Bonchev–Trinajstić information content (AvgIpc) is 3.31. The molecule has 70 heavy (non-hydrogen) atoms. The lowest BCUT2D eigenvalue weighted by Gasteiger charge is -2.42. The highest BCUT2D eigenvalue weighted by Gasteiger charge is 2.52. The number of carbonyl (C=O) groups excluding carboxylic acids is 5. The van der Waals surface area contributed by atoms with Gasteiger partial charge in [0.2, 0.25) is 5.79 Å². The second-order valence-corrected chi connectivity index (χ2v) is 22.7. The maximum Gasteiger partial charge on any atom is 0.328 e. The van der Waals surface area contributed by atoms with Crippen molar-refractivity contribution in [1.82, 2.24) is 4.90 Å². The van der Waals surface area contributed by atoms with Crippen LogP contribution in [0.5, 0.6) is 0 Å². The SMILES string of the molecule is COC1C(=O)C(C)CC\C=C/C=C\C=C(\C)C(CCO)C[C@H]2CC[C@H](C)[C@](O)(O2)C(=O)C(=O)N(C)C(C)C(=O)OC([C@H](C)C[C@@H]2CC[C@@H](OCCCS(C)(=O)=O)[C@H](OC)C2)CC(=O)C(C)/C=C(/C)C1O. The van der Waals surface area contributed by atoms with Gasteiger partial charge in [0, 0.05) is 64.9 Å². The number of fused-ring (bicyclic) bond motifs is 2. The number of aliphatic hydroxyl groups is 3. The van der Waals surface area contributed by atoms with Crippen molar-refractivity contribution in [2.45, 2.75) is 174 Å². The van der Waals surface area contributed by atoms with Crippen LogP contribution in [-0.4, -0.2) is 153 Å². The number of aliphatic hydroxyl groups excluding tert-OH is 2. The number of esters is 1. The van der Waals surface area contributed by atoms with Crippen molar-refractivity contribution in [3.05, 3.63) is 47.6 Å². The van der Waals surface area contributed by atoms with Crippen molar-refractivity contribution < 1.29 is 71.4 Å². The molecule has 398 valence electrons. The van der Waals surface area contributed by atoms with Gasteiger partial charge < -0.3 is 43.9 Å². The highest BCUT2D eigenvalue weighted by Crippen LogP contribution is 2.38. The van der Waals surface area contributed by atoms with Crippen molar-refractivity contribution in [2.24, 2.45) is 35.5 Å². The lowest BCUT2D eigenvalue weighted by atomic mass is 9.78. The van der Waals surface area contributed by atoms with E-state index in [9.17, 15) is 47.7 Å². The van der Waals surface area contributed by atoms with E-state index >= 15 is 0 Å². The van der Waals surface area contributed by atoms with Crippen LogP contribution in [-0.2, 0) is 57.5 Å². The molecule has 1 saturated heterocycles. The topological polar surface area (TPSA) is 230 Å². The first-order valence-corrected chi connectivity index (χ1v) is 27.3. The number of allylic oxidation sites excluding steroid dienone is 7. The summed E-state index contributed by atoms with van der Waals surface area (Å²) in [5, 5.41) is 33.2. The number of sulfone groups is 1. The molecule has 2 aliphatic heterocycles. The number of hydrogen-bond acceptors (Lipinski definition) is 15. The van der Waals surface area contributed by atoms with Crippen molar-refractivity contribution in [1.29, 1.82) is 0 Å². The maximum absolute atomic E-state index is 14.1.